The average Bonchev–Trinajstić information content (AvgIpc) is 2.24. The monoisotopic (exact) mass is 225 g/mol. The Bertz CT molecular complexity index is 344. The molecular weight excluding hydrogens is 205 g/mol. The summed E-state index contributed by atoms with van der Waals surface area (Å²) in [6.07, 6.45) is 1.53. The first kappa shape index (κ1) is 13.0. The maximum atomic E-state index is 13.8. The van der Waals surface area contributed by atoms with Crippen LogP contribution in [0.15, 0.2) is 18.2 Å². The Labute approximate surface area is 96.5 Å². The van der Waals surface area contributed by atoms with Crippen molar-refractivity contribution in [1.29, 1.82) is 0 Å². The lowest BCUT2D eigenvalue weighted by Crippen LogP contribution is -2.10. The SMILES string of the molecule is CNc1cc(C(C)(C)F)ccc1CCCO. The normalized spacial score (nSPS) is 11.6. The molecule has 0 unspecified atom stereocenters. The average molecular weight is 225 g/mol. The van der Waals surface area contributed by atoms with Crippen molar-refractivity contribution in [2.45, 2.75) is 32.4 Å². The fraction of sp³-hybridized carbons (Fsp3) is 0.538. The van der Waals surface area contributed by atoms with Crippen molar-refractivity contribution in [2.75, 3.05) is 19.0 Å². The number of hydrogen-bond acceptors (Lipinski definition) is 2. The number of aryl methyl sites for hydroxylation is 1. The van der Waals surface area contributed by atoms with E-state index < -0.39 is 5.67 Å². The third kappa shape index (κ3) is 3.20. The molecule has 0 spiro atoms. The van der Waals surface area contributed by atoms with E-state index in [1.807, 2.05) is 25.2 Å². The maximum Gasteiger partial charge on any atom is 0.130 e. The molecule has 0 aliphatic rings. The van der Waals surface area contributed by atoms with E-state index >= 15 is 0 Å². The number of anilines is 1. The van der Waals surface area contributed by atoms with Gasteiger partial charge in [-0.3, -0.25) is 0 Å². The van der Waals surface area contributed by atoms with Crippen molar-refractivity contribution in [3.63, 3.8) is 0 Å². The minimum absolute atomic E-state index is 0.180. The highest BCUT2D eigenvalue weighted by atomic mass is 19.1. The molecule has 2 nitrogen and oxygen atoms in total. The van der Waals surface area contributed by atoms with E-state index in [9.17, 15) is 4.39 Å². The summed E-state index contributed by atoms with van der Waals surface area (Å²) in [5, 5.41) is 11.9. The van der Waals surface area contributed by atoms with Gasteiger partial charge in [-0.05, 0) is 43.9 Å². The Balaban J connectivity index is 2.97. The maximum absolute atomic E-state index is 13.8. The van der Waals surface area contributed by atoms with E-state index in [4.69, 9.17) is 5.11 Å². The molecule has 0 saturated carbocycles. The highest BCUT2D eigenvalue weighted by Gasteiger charge is 2.19. The number of halogens is 1. The minimum atomic E-state index is -1.32. The van der Waals surface area contributed by atoms with Gasteiger partial charge in [0.1, 0.15) is 5.67 Å². The molecule has 16 heavy (non-hydrogen) atoms. The summed E-state index contributed by atoms with van der Waals surface area (Å²) in [4.78, 5) is 0. The molecule has 0 aromatic heterocycles. The van der Waals surface area contributed by atoms with E-state index in [2.05, 4.69) is 5.32 Å². The van der Waals surface area contributed by atoms with Gasteiger partial charge < -0.3 is 10.4 Å². The first-order valence-corrected chi connectivity index (χ1v) is 5.60. The minimum Gasteiger partial charge on any atom is -0.396 e. The molecule has 0 atom stereocenters. The van der Waals surface area contributed by atoms with Gasteiger partial charge in [-0.1, -0.05) is 12.1 Å². The molecule has 3 heteroatoms. The number of hydrogen-bond donors (Lipinski definition) is 2. The zero-order valence-corrected chi connectivity index (χ0v) is 10.2. The fourth-order valence-corrected chi connectivity index (χ4v) is 1.67. The Kier molecular flexibility index (Phi) is 4.30. The number of benzene rings is 1. The molecular formula is C13H20FNO. The van der Waals surface area contributed by atoms with Crippen molar-refractivity contribution < 1.29 is 9.50 Å². The van der Waals surface area contributed by atoms with E-state index in [1.165, 1.54) is 0 Å². The largest absolute Gasteiger partial charge is 0.396 e. The number of aliphatic hydroxyl groups is 1. The molecule has 0 amide bonds. The van der Waals surface area contributed by atoms with E-state index in [1.54, 1.807) is 13.8 Å². The van der Waals surface area contributed by atoms with Crippen molar-refractivity contribution in [2.24, 2.45) is 0 Å². The quantitative estimate of drug-likeness (QED) is 0.807. The van der Waals surface area contributed by atoms with Crippen molar-refractivity contribution in [1.82, 2.24) is 0 Å². The first-order chi connectivity index (χ1) is 7.49. The Hall–Kier alpha value is -1.09. The van der Waals surface area contributed by atoms with Crippen LogP contribution in [0.25, 0.3) is 0 Å². The van der Waals surface area contributed by atoms with E-state index in [0.717, 1.165) is 24.1 Å². The molecule has 0 bridgehead atoms. The zero-order chi connectivity index (χ0) is 12.2. The molecule has 0 aliphatic carbocycles. The topological polar surface area (TPSA) is 32.3 Å². The smallest absolute Gasteiger partial charge is 0.130 e. The molecule has 90 valence electrons. The molecule has 1 rings (SSSR count). The molecule has 0 aliphatic heterocycles. The van der Waals surface area contributed by atoms with Crippen LogP contribution in [0.1, 0.15) is 31.4 Å². The second-order valence-electron chi connectivity index (χ2n) is 4.42. The number of rotatable bonds is 5. The number of nitrogens with one attached hydrogen (secondary N) is 1. The van der Waals surface area contributed by atoms with Crippen LogP contribution in [0, 0.1) is 0 Å². The van der Waals surface area contributed by atoms with Crippen LogP contribution in [-0.4, -0.2) is 18.8 Å². The number of alkyl halides is 1. The summed E-state index contributed by atoms with van der Waals surface area (Å²) in [7, 11) is 1.83. The molecule has 2 N–H and O–H groups in total. The van der Waals surface area contributed by atoms with Crippen LogP contribution in [-0.2, 0) is 12.1 Å². The van der Waals surface area contributed by atoms with Crippen LogP contribution >= 0.6 is 0 Å². The van der Waals surface area contributed by atoms with E-state index in [0.29, 0.717) is 5.56 Å². The van der Waals surface area contributed by atoms with Gasteiger partial charge in [0, 0.05) is 19.3 Å². The lowest BCUT2D eigenvalue weighted by Gasteiger charge is -2.18. The summed E-state index contributed by atoms with van der Waals surface area (Å²) < 4.78 is 13.8. The summed E-state index contributed by atoms with van der Waals surface area (Å²) in [5.74, 6) is 0. The van der Waals surface area contributed by atoms with Gasteiger partial charge in [0.15, 0.2) is 0 Å². The fourth-order valence-electron chi connectivity index (χ4n) is 1.67. The second-order valence-corrected chi connectivity index (χ2v) is 4.42. The molecule has 0 fully saturated rings. The molecule has 0 saturated heterocycles. The molecule has 1 aromatic rings. The zero-order valence-electron chi connectivity index (χ0n) is 10.2. The summed E-state index contributed by atoms with van der Waals surface area (Å²) >= 11 is 0. The lowest BCUT2D eigenvalue weighted by atomic mass is 9.96. The van der Waals surface area contributed by atoms with Gasteiger partial charge in [-0.25, -0.2) is 4.39 Å². The molecule has 0 heterocycles. The van der Waals surface area contributed by atoms with Crippen LogP contribution in [0.3, 0.4) is 0 Å². The van der Waals surface area contributed by atoms with Crippen LogP contribution in [0.2, 0.25) is 0 Å². The predicted molar refractivity (Wildman–Crippen MR) is 65.5 cm³/mol. The summed E-state index contributed by atoms with van der Waals surface area (Å²) in [5.41, 5.74) is 1.41. The van der Waals surface area contributed by atoms with Crippen molar-refractivity contribution in [3.05, 3.63) is 29.3 Å². The summed E-state index contributed by atoms with van der Waals surface area (Å²) in [6.45, 7) is 3.28. The van der Waals surface area contributed by atoms with Crippen LogP contribution in [0.5, 0.6) is 0 Å². The standard InChI is InChI=1S/C13H20FNO/c1-13(2,14)11-7-6-10(5-4-8-16)12(9-11)15-3/h6-7,9,15-16H,4-5,8H2,1-3H3. The van der Waals surface area contributed by atoms with Crippen LogP contribution < -0.4 is 5.32 Å². The van der Waals surface area contributed by atoms with Gasteiger partial charge in [-0.15, -0.1) is 0 Å². The van der Waals surface area contributed by atoms with Gasteiger partial charge >= 0.3 is 0 Å². The first-order valence-electron chi connectivity index (χ1n) is 5.60. The molecule has 1 aromatic carbocycles. The van der Waals surface area contributed by atoms with Gasteiger partial charge in [-0.2, -0.15) is 0 Å². The molecule has 0 radical (unpaired) electrons. The predicted octanol–water partition coefficient (Wildman–Crippen LogP) is 2.86. The van der Waals surface area contributed by atoms with E-state index in [-0.39, 0.29) is 6.61 Å². The highest BCUT2D eigenvalue weighted by Crippen LogP contribution is 2.29. The Morgan fingerprint density at radius 2 is 2.06 bits per heavy atom. The van der Waals surface area contributed by atoms with Gasteiger partial charge in [0.25, 0.3) is 0 Å². The summed E-state index contributed by atoms with van der Waals surface area (Å²) in [6, 6.07) is 5.58. The van der Waals surface area contributed by atoms with Crippen molar-refractivity contribution in [3.8, 4) is 0 Å². The number of aliphatic hydroxyl groups excluding tert-OH is 1. The highest BCUT2D eigenvalue weighted by molar-refractivity contribution is 5.53. The second kappa shape index (κ2) is 5.30. The third-order valence-corrected chi connectivity index (χ3v) is 2.67. The Morgan fingerprint density at radius 3 is 2.56 bits per heavy atom. The third-order valence-electron chi connectivity index (χ3n) is 2.67. The van der Waals surface area contributed by atoms with Gasteiger partial charge in [0.2, 0.25) is 0 Å². The van der Waals surface area contributed by atoms with Crippen molar-refractivity contribution >= 4 is 5.69 Å². The lowest BCUT2D eigenvalue weighted by molar-refractivity contribution is 0.221. The Morgan fingerprint density at radius 1 is 1.38 bits per heavy atom. The van der Waals surface area contributed by atoms with Crippen LogP contribution in [0.4, 0.5) is 10.1 Å². The van der Waals surface area contributed by atoms with Gasteiger partial charge in [0.05, 0.1) is 0 Å².